The zero-order chi connectivity index (χ0) is 22.1. The van der Waals surface area contributed by atoms with Gasteiger partial charge in [0.05, 0.1) is 23.8 Å². The summed E-state index contributed by atoms with van der Waals surface area (Å²) in [4.78, 5) is 29.4. The average molecular weight is 432 g/mol. The van der Waals surface area contributed by atoms with Crippen molar-refractivity contribution in [3.63, 3.8) is 0 Å². The topological polar surface area (TPSA) is 108 Å². The third kappa shape index (κ3) is 3.76. The summed E-state index contributed by atoms with van der Waals surface area (Å²) in [6.45, 7) is 0.365. The Morgan fingerprint density at radius 1 is 1.12 bits per heavy atom. The number of hydrogen-bond donors (Lipinski definition) is 2. The summed E-state index contributed by atoms with van der Waals surface area (Å²) in [6, 6.07) is 15.9. The number of anilines is 1. The zero-order valence-electron chi connectivity index (χ0n) is 17.2. The normalized spacial score (nSPS) is 14.8. The fraction of sp³-hybridized carbons (Fsp3) is 0.174. The number of imidazole rings is 1. The summed E-state index contributed by atoms with van der Waals surface area (Å²) >= 11 is 0. The number of carbonyl (C=O) groups excluding carboxylic acids is 2. The standard InChI is InChI=1S/C23H20N4O5/c1-27-16-9-8-14(25-23(29)19-7-4-10-30-19)11-15(16)26-21(27)12-24-22(28)20-13-31-17-5-2-3-6-18(17)32-20/h2-11,20H,12-13H2,1H3,(H,24,28)(H,25,29)/t20-/m1/s1. The van der Waals surface area contributed by atoms with Crippen molar-refractivity contribution in [2.75, 3.05) is 11.9 Å². The molecule has 0 saturated heterocycles. The SMILES string of the molecule is Cn1c(CNC(=O)[C@H]2COc3ccccc3O2)nc2cc(NC(=O)c3ccco3)ccc21. The molecular formula is C23H20N4O5. The van der Waals surface area contributed by atoms with E-state index in [2.05, 4.69) is 15.6 Å². The Morgan fingerprint density at radius 2 is 1.97 bits per heavy atom. The Morgan fingerprint density at radius 3 is 2.78 bits per heavy atom. The van der Waals surface area contributed by atoms with Crippen molar-refractivity contribution in [2.45, 2.75) is 12.6 Å². The predicted molar refractivity (Wildman–Crippen MR) is 116 cm³/mol. The number of benzene rings is 2. The molecule has 5 rings (SSSR count). The Bertz CT molecular complexity index is 1300. The van der Waals surface area contributed by atoms with Gasteiger partial charge in [0.2, 0.25) is 6.10 Å². The van der Waals surface area contributed by atoms with Crippen molar-refractivity contribution in [1.29, 1.82) is 0 Å². The van der Waals surface area contributed by atoms with Crippen LogP contribution in [0.5, 0.6) is 11.5 Å². The number of nitrogens with one attached hydrogen (secondary N) is 2. The van der Waals surface area contributed by atoms with Crippen LogP contribution in [0.1, 0.15) is 16.4 Å². The van der Waals surface area contributed by atoms with Crippen LogP contribution in [0.2, 0.25) is 0 Å². The van der Waals surface area contributed by atoms with Gasteiger partial charge in [0, 0.05) is 12.7 Å². The van der Waals surface area contributed by atoms with Gasteiger partial charge in [0.25, 0.3) is 11.8 Å². The predicted octanol–water partition coefficient (Wildman–Crippen LogP) is 2.87. The minimum Gasteiger partial charge on any atom is -0.485 e. The number of nitrogens with zero attached hydrogens (tertiary/aromatic N) is 2. The number of para-hydroxylation sites is 2. The summed E-state index contributed by atoms with van der Waals surface area (Å²) in [7, 11) is 1.87. The van der Waals surface area contributed by atoms with E-state index in [-0.39, 0.29) is 30.7 Å². The molecule has 2 aromatic carbocycles. The Balaban J connectivity index is 1.26. The van der Waals surface area contributed by atoms with Crippen molar-refractivity contribution in [3.05, 3.63) is 72.4 Å². The first-order valence-electron chi connectivity index (χ1n) is 10.0. The maximum absolute atomic E-state index is 12.6. The molecule has 2 amide bonds. The lowest BCUT2D eigenvalue weighted by Crippen LogP contribution is -2.43. The van der Waals surface area contributed by atoms with Crippen LogP contribution in [0.4, 0.5) is 5.69 Å². The second-order valence-electron chi connectivity index (χ2n) is 7.30. The molecule has 162 valence electrons. The molecule has 2 aromatic heterocycles. The number of hydrogen-bond acceptors (Lipinski definition) is 6. The van der Waals surface area contributed by atoms with Crippen LogP contribution in [0.25, 0.3) is 11.0 Å². The fourth-order valence-corrected chi connectivity index (χ4v) is 3.51. The molecular weight excluding hydrogens is 412 g/mol. The quantitative estimate of drug-likeness (QED) is 0.502. The number of carbonyl (C=O) groups is 2. The lowest BCUT2D eigenvalue weighted by atomic mass is 10.2. The van der Waals surface area contributed by atoms with Crippen LogP contribution >= 0.6 is 0 Å². The molecule has 0 spiro atoms. The maximum Gasteiger partial charge on any atom is 0.291 e. The monoisotopic (exact) mass is 432 g/mol. The third-order valence-electron chi connectivity index (χ3n) is 5.20. The molecule has 1 aliphatic rings. The van der Waals surface area contributed by atoms with Crippen molar-refractivity contribution in [2.24, 2.45) is 7.05 Å². The Labute approximate surface area is 182 Å². The zero-order valence-corrected chi connectivity index (χ0v) is 17.2. The fourth-order valence-electron chi connectivity index (χ4n) is 3.51. The summed E-state index contributed by atoms with van der Waals surface area (Å²) in [5, 5.41) is 5.64. The highest BCUT2D eigenvalue weighted by Crippen LogP contribution is 2.30. The van der Waals surface area contributed by atoms with Gasteiger partial charge in [-0.1, -0.05) is 12.1 Å². The number of aromatic nitrogens is 2. The van der Waals surface area contributed by atoms with E-state index >= 15 is 0 Å². The molecule has 0 saturated carbocycles. The summed E-state index contributed by atoms with van der Waals surface area (Å²) < 4.78 is 18.3. The summed E-state index contributed by atoms with van der Waals surface area (Å²) in [6.07, 6.45) is 0.712. The lowest BCUT2D eigenvalue weighted by molar-refractivity contribution is -0.130. The van der Waals surface area contributed by atoms with E-state index < -0.39 is 6.10 Å². The number of rotatable bonds is 5. The van der Waals surface area contributed by atoms with E-state index in [1.165, 1.54) is 6.26 Å². The maximum atomic E-state index is 12.6. The second-order valence-corrected chi connectivity index (χ2v) is 7.30. The van der Waals surface area contributed by atoms with Gasteiger partial charge in [0.1, 0.15) is 12.4 Å². The van der Waals surface area contributed by atoms with E-state index in [1.807, 2.05) is 29.8 Å². The van der Waals surface area contributed by atoms with Gasteiger partial charge in [-0.2, -0.15) is 0 Å². The molecule has 9 nitrogen and oxygen atoms in total. The van der Waals surface area contributed by atoms with Crippen molar-refractivity contribution >= 4 is 28.5 Å². The first kappa shape index (κ1) is 19.7. The highest BCUT2D eigenvalue weighted by molar-refractivity contribution is 6.03. The molecule has 4 aromatic rings. The Kier molecular flexibility index (Phi) is 4.98. The van der Waals surface area contributed by atoms with Gasteiger partial charge in [-0.3, -0.25) is 9.59 Å². The molecule has 0 unspecified atom stereocenters. The van der Waals surface area contributed by atoms with Gasteiger partial charge in [-0.25, -0.2) is 4.98 Å². The molecule has 32 heavy (non-hydrogen) atoms. The van der Waals surface area contributed by atoms with E-state index in [9.17, 15) is 9.59 Å². The van der Waals surface area contributed by atoms with Crippen LogP contribution in [-0.2, 0) is 18.4 Å². The highest BCUT2D eigenvalue weighted by atomic mass is 16.6. The second kappa shape index (κ2) is 8.10. The molecule has 3 heterocycles. The Hall–Kier alpha value is -4.27. The average Bonchev–Trinajstić information content (AvgIpc) is 3.46. The van der Waals surface area contributed by atoms with Crippen LogP contribution in [-0.4, -0.2) is 34.1 Å². The van der Waals surface area contributed by atoms with E-state index in [0.29, 0.717) is 28.5 Å². The largest absolute Gasteiger partial charge is 0.485 e. The first-order valence-corrected chi connectivity index (χ1v) is 10.0. The number of furan rings is 1. The lowest BCUT2D eigenvalue weighted by Gasteiger charge is -2.25. The molecule has 0 fully saturated rings. The van der Waals surface area contributed by atoms with Gasteiger partial charge < -0.3 is 29.1 Å². The molecule has 9 heteroatoms. The number of aryl methyl sites for hydroxylation is 1. The highest BCUT2D eigenvalue weighted by Gasteiger charge is 2.27. The minimum absolute atomic E-state index is 0.143. The molecule has 1 atom stereocenters. The van der Waals surface area contributed by atoms with Crippen LogP contribution in [0.15, 0.2) is 65.3 Å². The number of fused-ring (bicyclic) bond motifs is 2. The van der Waals surface area contributed by atoms with Crippen molar-refractivity contribution in [3.8, 4) is 11.5 Å². The molecule has 0 radical (unpaired) electrons. The smallest absolute Gasteiger partial charge is 0.291 e. The number of ether oxygens (including phenoxy) is 2. The summed E-state index contributed by atoms with van der Waals surface area (Å²) in [5.41, 5.74) is 2.16. The van der Waals surface area contributed by atoms with Gasteiger partial charge in [-0.05, 0) is 42.5 Å². The van der Waals surface area contributed by atoms with Crippen molar-refractivity contribution in [1.82, 2.24) is 14.9 Å². The van der Waals surface area contributed by atoms with Crippen LogP contribution in [0.3, 0.4) is 0 Å². The molecule has 1 aliphatic heterocycles. The first-order chi connectivity index (χ1) is 15.6. The third-order valence-corrected chi connectivity index (χ3v) is 5.20. The van der Waals surface area contributed by atoms with E-state index in [4.69, 9.17) is 13.9 Å². The minimum atomic E-state index is -0.733. The van der Waals surface area contributed by atoms with E-state index in [1.54, 1.807) is 36.4 Å². The van der Waals surface area contributed by atoms with Crippen LogP contribution < -0.4 is 20.1 Å². The molecule has 0 bridgehead atoms. The van der Waals surface area contributed by atoms with E-state index in [0.717, 1.165) is 5.52 Å². The summed E-state index contributed by atoms with van der Waals surface area (Å²) in [5.74, 6) is 1.45. The van der Waals surface area contributed by atoms with Gasteiger partial charge in [-0.15, -0.1) is 0 Å². The van der Waals surface area contributed by atoms with Crippen LogP contribution in [0, 0.1) is 0 Å². The number of amides is 2. The molecule has 2 N–H and O–H groups in total. The van der Waals surface area contributed by atoms with Gasteiger partial charge >= 0.3 is 0 Å². The van der Waals surface area contributed by atoms with Gasteiger partial charge in [0.15, 0.2) is 17.3 Å². The molecule has 0 aliphatic carbocycles. The van der Waals surface area contributed by atoms with Crippen molar-refractivity contribution < 1.29 is 23.5 Å².